The summed E-state index contributed by atoms with van der Waals surface area (Å²) >= 11 is 0. The second kappa shape index (κ2) is 5.58. The lowest BCUT2D eigenvalue weighted by molar-refractivity contribution is 0.612. The van der Waals surface area contributed by atoms with Crippen molar-refractivity contribution in [1.29, 1.82) is 0 Å². The van der Waals surface area contributed by atoms with E-state index in [1.54, 1.807) is 18.3 Å². The quantitative estimate of drug-likeness (QED) is 0.799. The third-order valence-corrected chi connectivity index (χ3v) is 3.60. The maximum atomic E-state index is 13.5. The highest BCUT2D eigenvalue weighted by molar-refractivity contribution is 5.73. The first-order valence-electron chi connectivity index (χ1n) is 6.84. The highest BCUT2D eigenvalue weighted by Gasteiger charge is 2.17. The Hall–Kier alpha value is -2.33. The number of hydrogen-bond donors (Lipinski definition) is 1. The third kappa shape index (κ3) is 2.62. The van der Waals surface area contributed by atoms with Crippen molar-refractivity contribution in [3.8, 4) is 0 Å². The van der Waals surface area contributed by atoms with Crippen LogP contribution in [0.15, 0.2) is 48.7 Å². The van der Waals surface area contributed by atoms with Gasteiger partial charge in [-0.2, -0.15) is 0 Å². The Balaban J connectivity index is 2.11. The fourth-order valence-electron chi connectivity index (χ4n) is 2.50. The minimum atomic E-state index is -0.246. The monoisotopic (exact) mass is 281 g/mol. The molecule has 0 spiro atoms. The molecule has 1 heterocycles. The van der Waals surface area contributed by atoms with Gasteiger partial charge in [0.2, 0.25) is 0 Å². The molecule has 1 unspecified atom stereocenters. The van der Waals surface area contributed by atoms with E-state index in [9.17, 15) is 4.39 Å². The van der Waals surface area contributed by atoms with Crippen molar-refractivity contribution in [3.05, 3.63) is 71.3 Å². The maximum Gasteiger partial charge on any atom is 0.123 e. The summed E-state index contributed by atoms with van der Waals surface area (Å²) < 4.78 is 13.5. The largest absolute Gasteiger partial charge is 0.308 e. The Kier molecular flexibility index (Phi) is 3.62. The molecule has 4 heteroatoms. The summed E-state index contributed by atoms with van der Waals surface area (Å²) in [6.07, 6.45) is 1.74. The highest BCUT2D eigenvalue weighted by atomic mass is 19.1. The van der Waals surface area contributed by atoms with Crippen LogP contribution in [-0.2, 0) is 0 Å². The minimum Gasteiger partial charge on any atom is -0.308 e. The number of nitrogens with one attached hydrogen (secondary N) is 1. The predicted octanol–water partition coefficient (Wildman–Crippen LogP) is 3.39. The van der Waals surface area contributed by atoms with Gasteiger partial charge < -0.3 is 5.32 Å². The first-order chi connectivity index (χ1) is 10.2. The van der Waals surface area contributed by atoms with Gasteiger partial charge in [-0.25, -0.2) is 9.37 Å². The first-order valence-corrected chi connectivity index (χ1v) is 6.84. The molecule has 1 N–H and O–H groups in total. The molecular weight excluding hydrogens is 265 g/mol. The Bertz CT molecular complexity index is 786. The van der Waals surface area contributed by atoms with Crippen LogP contribution in [0, 0.1) is 12.7 Å². The Morgan fingerprint density at radius 1 is 1.10 bits per heavy atom. The Labute approximate surface area is 122 Å². The first kappa shape index (κ1) is 13.6. The zero-order valence-electron chi connectivity index (χ0n) is 12.0. The fourth-order valence-corrected chi connectivity index (χ4v) is 2.50. The van der Waals surface area contributed by atoms with Gasteiger partial charge in [-0.1, -0.05) is 18.2 Å². The minimum absolute atomic E-state index is 0.183. The molecule has 3 aromatic rings. The van der Waals surface area contributed by atoms with Gasteiger partial charge in [-0.15, -0.1) is 0 Å². The van der Waals surface area contributed by atoms with Crippen LogP contribution in [0.2, 0.25) is 0 Å². The zero-order valence-corrected chi connectivity index (χ0v) is 12.0. The van der Waals surface area contributed by atoms with Gasteiger partial charge in [0.15, 0.2) is 0 Å². The topological polar surface area (TPSA) is 37.8 Å². The van der Waals surface area contributed by atoms with Crippen molar-refractivity contribution < 1.29 is 4.39 Å². The molecule has 0 aliphatic heterocycles. The van der Waals surface area contributed by atoms with Gasteiger partial charge in [0, 0.05) is 0 Å². The molecule has 0 radical (unpaired) electrons. The van der Waals surface area contributed by atoms with Gasteiger partial charge in [-0.3, -0.25) is 4.98 Å². The van der Waals surface area contributed by atoms with Gasteiger partial charge in [0.05, 0.1) is 29.0 Å². The van der Waals surface area contributed by atoms with E-state index in [1.807, 2.05) is 38.2 Å². The van der Waals surface area contributed by atoms with Gasteiger partial charge in [0.1, 0.15) is 5.82 Å². The molecule has 1 aromatic heterocycles. The summed E-state index contributed by atoms with van der Waals surface area (Å²) in [5.41, 5.74) is 4.37. The number of rotatable bonds is 3. The van der Waals surface area contributed by atoms with Gasteiger partial charge in [0.25, 0.3) is 0 Å². The van der Waals surface area contributed by atoms with Crippen molar-refractivity contribution in [1.82, 2.24) is 15.3 Å². The third-order valence-electron chi connectivity index (χ3n) is 3.60. The summed E-state index contributed by atoms with van der Waals surface area (Å²) in [5, 5.41) is 3.20. The van der Waals surface area contributed by atoms with Crippen LogP contribution < -0.4 is 5.32 Å². The van der Waals surface area contributed by atoms with E-state index < -0.39 is 0 Å². The predicted molar refractivity (Wildman–Crippen MR) is 81.6 cm³/mol. The van der Waals surface area contributed by atoms with Crippen LogP contribution in [0.5, 0.6) is 0 Å². The van der Waals surface area contributed by atoms with Crippen LogP contribution >= 0.6 is 0 Å². The van der Waals surface area contributed by atoms with Crippen LogP contribution in [0.4, 0.5) is 4.39 Å². The molecule has 0 fully saturated rings. The summed E-state index contributed by atoms with van der Waals surface area (Å²) in [4.78, 5) is 9.08. The van der Waals surface area contributed by atoms with Gasteiger partial charge in [-0.05, 0) is 49.4 Å². The van der Waals surface area contributed by atoms with Crippen LogP contribution in [-0.4, -0.2) is 17.0 Å². The molecular formula is C17H16FN3. The molecule has 0 amide bonds. The molecule has 0 aliphatic rings. The number of hydrogen-bond acceptors (Lipinski definition) is 3. The van der Waals surface area contributed by atoms with Crippen LogP contribution in [0.25, 0.3) is 11.0 Å². The summed E-state index contributed by atoms with van der Waals surface area (Å²) in [7, 11) is 1.84. The van der Waals surface area contributed by atoms with Crippen molar-refractivity contribution in [2.45, 2.75) is 13.0 Å². The van der Waals surface area contributed by atoms with Crippen molar-refractivity contribution >= 4 is 11.0 Å². The molecule has 0 bridgehead atoms. The van der Waals surface area contributed by atoms with E-state index in [0.29, 0.717) is 0 Å². The second-order valence-corrected chi connectivity index (χ2v) is 5.01. The molecule has 1 atom stereocenters. The average molecular weight is 281 g/mol. The number of fused-ring (bicyclic) bond motifs is 1. The van der Waals surface area contributed by atoms with Crippen molar-refractivity contribution in [3.63, 3.8) is 0 Å². The Morgan fingerprint density at radius 2 is 1.86 bits per heavy atom. The lowest BCUT2D eigenvalue weighted by Gasteiger charge is -2.18. The fraction of sp³-hybridized carbons (Fsp3) is 0.176. The van der Waals surface area contributed by atoms with E-state index in [2.05, 4.69) is 15.3 Å². The van der Waals surface area contributed by atoms with Crippen molar-refractivity contribution in [2.24, 2.45) is 0 Å². The summed E-state index contributed by atoms with van der Waals surface area (Å²) in [6.45, 7) is 1.97. The number of halogens is 1. The molecule has 3 nitrogen and oxygen atoms in total. The zero-order chi connectivity index (χ0) is 14.8. The Morgan fingerprint density at radius 3 is 2.62 bits per heavy atom. The second-order valence-electron chi connectivity index (χ2n) is 5.01. The number of para-hydroxylation sites is 2. The van der Waals surface area contributed by atoms with Crippen LogP contribution in [0.1, 0.15) is 22.9 Å². The SMILES string of the molecule is CNC(c1cnc2ccccc2n1)c1cc(F)ccc1C. The normalized spacial score (nSPS) is 12.5. The van der Waals surface area contributed by atoms with E-state index >= 15 is 0 Å². The van der Waals surface area contributed by atoms with E-state index in [4.69, 9.17) is 0 Å². The average Bonchev–Trinajstić information content (AvgIpc) is 2.51. The lowest BCUT2D eigenvalue weighted by atomic mass is 9.99. The van der Waals surface area contributed by atoms with Gasteiger partial charge >= 0.3 is 0 Å². The number of aromatic nitrogens is 2. The molecule has 0 saturated heterocycles. The van der Waals surface area contributed by atoms with E-state index in [-0.39, 0.29) is 11.9 Å². The smallest absolute Gasteiger partial charge is 0.123 e. The van der Waals surface area contributed by atoms with E-state index in [1.165, 1.54) is 6.07 Å². The summed E-state index contributed by atoms with van der Waals surface area (Å²) in [5.74, 6) is -0.246. The summed E-state index contributed by atoms with van der Waals surface area (Å²) in [6, 6.07) is 12.3. The molecule has 0 saturated carbocycles. The maximum absolute atomic E-state index is 13.5. The number of nitrogens with zero attached hydrogens (tertiary/aromatic N) is 2. The highest BCUT2D eigenvalue weighted by Crippen LogP contribution is 2.24. The van der Waals surface area contributed by atoms with Crippen LogP contribution in [0.3, 0.4) is 0 Å². The molecule has 0 aliphatic carbocycles. The van der Waals surface area contributed by atoms with Crippen molar-refractivity contribution in [2.75, 3.05) is 7.05 Å². The number of aryl methyl sites for hydroxylation is 1. The molecule has 106 valence electrons. The van der Waals surface area contributed by atoms with E-state index in [0.717, 1.165) is 27.9 Å². The molecule has 2 aromatic carbocycles. The number of benzene rings is 2. The molecule has 3 rings (SSSR count). The molecule has 21 heavy (non-hydrogen) atoms. The standard InChI is InChI=1S/C17H16FN3/c1-11-7-8-12(18)9-13(11)17(19-2)16-10-20-14-5-3-4-6-15(14)21-16/h3-10,17,19H,1-2H3. The lowest BCUT2D eigenvalue weighted by Crippen LogP contribution is -2.20.